The van der Waals surface area contributed by atoms with Crippen molar-refractivity contribution in [2.45, 2.75) is 19.5 Å². The van der Waals surface area contributed by atoms with E-state index in [1.807, 2.05) is 35.0 Å². The number of amides is 1. The molecule has 0 saturated carbocycles. The topological polar surface area (TPSA) is 82.2 Å². The van der Waals surface area contributed by atoms with E-state index in [2.05, 4.69) is 10.3 Å². The molecule has 0 spiro atoms. The van der Waals surface area contributed by atoms with E-state index in [1.165, 1.54) is 0 Å². The average Bonchev–Trinajstić information content (AvgIpc) is 3.03. The molecule has 0 atom stereocenters. The van der Waals surface area contributed by atoms with Crippen molar-refractivity contribution < 1.29 is 9.53 Å². The molecule has 0 bridgehead atoms. The third-order valence-corrected chi connectivity index (χ3v) is 3.00. The molecule has 0 aliphatic rings. The van der Waals surface area contributed by atoms with Gasteiger partial charge in [-0.2, -0.15) is 0 Å². The molecule has 6 heteroatoms. The van der Waals surface area contributed by atoms with Crippen LogP contribution in [0, 0.1) is 0 Å². The lowest BCUT2D eigenvalue weighted by atomic mass is 10.2. The maximum atomic E-state index is 11.6. The largest absolute Gasteiger partial charge is 0.484 e. The Morgan fingerprint density at radius 2 is 2.14 bits per heavy atom. The van der Waals surface area contributed by atoms with Crippen LogP contribution in [0.25, 0.3) is 0 Å². The Kier molecular flexibility index (Phi) is 5.78. The average molecular weight is 288 g/mol. The van der Waals surface area contributed by atoms with Crippen molar-refractivity contribution in [3.63, 3.8) is 0 Å². The molecule has 21 heavy (non-hydrogen) atoms. The molecule has 0 radical (unpaired) electrons. The van der Waals surface area contributed by atoms with Crippen LogP contribution < -0.4 is 15.8 Å². The van der Waals surface area contributed by atoms with Crippen LogP contribution in [0.3, 0.4) is 0 Å². The van der Waals surface area contributed by atoms with Gasteiger partial charge in [0.15, 0.2) is 6.61 Å². The van der Waals surface area contributed by atoms with Crippen molar-refractivity contribution in [3.8, 4) is 5.75 Å². The fourth-order valence-corrected chi connectivity index (χ4v) is 1.83. The van der Waals surface area contributed by atoms with Gasteiger partial charge in [0.05, 0.1) is 6.33 Å². The van der Waals surface area contributed by atoms with Crippen molar-refractivity contribution in [2.24, 2.45) is 5.73 Å². The van der Waals surface area contributed by atoms with Gasteiger partial charge in [0.25, 0.3) is 5.91 Å². The monoisotopic (exact) mass is 288 g/mol. The number of carbonyl (C=O) groups is 1. The summed E-state index contributed by atoms with van der Waals surface area (Å²) in [6.07, 6.45) is 6.25. The summed E-state index contributed by atoms with van der Waals surface area (Å²) in [5.41, 5.74) is 6.55. The van der Waals surface area contributed by atoms with Gasteiger partial charge in [-0.3, -0.25) is 4.79 Å². The fraction of sp³-hybridized carbons (Fsp3) is 0.333. The molecule has 6 nitrogen and oxygen atoms in total. The molecule has 2 aromatic rings. The molecule has 0 unspecified atom stereocenters. The zero-order valence-corrected chi connectivity index (χ0v) is 11.9. The predicted molar refractivity (Wildman–Crippen MR) is 79.7 cm³/mol. The van der Waals surface area contributed by atoms with Crippen LogP contribution in [0.2, 0.25) is 0 Å². The summed E-state index contributed by atoms with van der Waals surface area (Å²) in [5, 5.41) is 2.82. The number of benzene rings is 1. The van der Waals surface area contributed by atoms with Crippen LogP contribution in [-0.4, -0.2) is 28.6 Å². The molecule has 1 amide bonds. The molecule has 1 heterocycles. The summed E-state index contributed by atoms with van der Waals surface area (Å²) in [6.45, 7) is 1.97. The van der Waals surface area contributed by atoms with E-state index in [9.17, 15) is 4.79 Å². The summed E-state index contributed by atoms with van der Waals surface area (Å²) < 4.78 is 7.38. The normalized spacial score (nSPS) is 10.3. The van der Waals surface area contributed by atoms with Gasteiger partial charge in [-0.1, -0.05) is 12.1 Å². The van der Waals surface area contributed by atoms with E-state index in [1.54, 1.807) is 12.5 Å². The van der Waals surface area contributed by atoms with Gasteiger partial charge in [0, 0.05) is 32.0 Å². The van der Waals surface area contributed by atoms with Crippen molar-refractivity contribution in [3.05, 3.63) is 48.5 Å². The van der Waals surface area contributed by atoms with Gasteiger partial charge in [-0.05, 0) is 24.1 Å². The van der Waals surface area contributed by atoms with Crippen LogP contribution in [-0.2, 0) is 17.9 Å². The van der Waals surface area contributed by atoms with E-state index in [-0.39, 0.29) is 12.5 Å². The highest BCUT2D eigenvalue weighted by Gasteiger charge is 2.02. The molecular formula is C15H20N4O2. The van der Waals surface area contributed by atoms with Gasteiger partial charge in [-0.25, -0.2) is 4.98 Å². The lowest BCUT2D eigenvalue weighted by molar-refractivity contribution is -0.123. The van der Waals surface area contributed by atoms with Crippen LogP contribution in [0.5, 0.6) is 5.75 Å². The zero-order chi connectivity index (χ0) is 14.9. The summed E-state index contributed by atoms with van der Waals surface area (Å²) >= 11 is 0. The molecule has 0 aliphatic carbocycles. The molecular weight excluding hydrogens is 268 g/mol. The second kappa shape index (κ2) is 8.06. The third-order valence-electron chi connectivity index (χ3n) is 3.00. The van der Waals surface area contributed by atoms with E-state index in [0.717, 1.165) is 18.5 Å². The molecule has 0 fully saturated rings. The zero-order valence-electron chi connectivity index (χ0n) is 11.9. The highest BCUT2D eigenvalue weighted by molar-refractivity contribution is 5.77. The van der Waals surface area contributed by atoms with Crippen molar-refractivity contribution in [1.29, 1.82) is 0 Å². The lowest BCUT2D eigenvalue weighted by Gasteiger charge is -2.08. The smallest absolute Gasteiger partial charge is 0.257 e. The molecule has 0 aliphatic heterocycles. The SMILES string of the molecule is NCc1ccc(OCC(=O)NCCCn2ccnc2)cc1. The van der Waals surface area contributed by atoms with Gasteiger partial charge in [-0.15, -0.1) is 0 Å². The number of nitrogens with zero attached hydrogens (tertiary/aromatic N) is 2. The summed E-state index contributed by atoms with van der Waals surface area (Å²) in [6, 6.07) is 7.40. The minimum absolute atomic E-state index is 0.0209. The van der Waals surface area contributed by atoms with Gasteiger partial charge in [0.1, 0.15) is 5.75 Å². The first kappa shape index (κ1) is 15.1. The number of hydrogen-bond acceptors (Lipinski definition) is 4. The Labute approximate surface area is 123 Å². The van der Waals surface area contributed by atoms with Crippen LogP contribution in [0.1, 0.15) is 12.0 Å². The number of ether oxygens (including phenoxy) is 1. The van der Waals surface area contributed by atoms with Crippen molar-refractivity contribution in [2.75, 3.05) is 13.2 Å². The summed E-state index contributed by atoms with van der Waals surface area (Å²) in [5.74, 6) is 0.546. The first-order valence-corrected chi connectivity index (χ1v) is 6.92. The van der Waals surface area contributed by atoms with Crippen LogP contribution >= 0.6 is 0 Å². The number of rotatable bonds is 8. The minimum atomic E-state index is -0.122. The van der Waals surface area contributed by atoms with Crippen molar-refractivity contribution >= 4 is 5.91 Å². The van der Waals surface area contributed by atoms with E-state index < -0.39 is 0 Å². The van der Waals surface area contributed by atoms with Crippen LogP contribution in [0.4, 0.5) is 0 Å². The molecule has 3 N–H and O–H groups in total. The number of carbonyl (C=O) groups excluding carboxylic acids is 1. The quantitative estimate of drug-likeness (QED) is 0.708. The molecule has 112 valence electrons. The molecule has 1 aromatic carbocycles. The van der Waals surface area contributed by atoms with Crippen molar-refractivity contribution in [1.82, 2.24) is 14.9 Å². The van der Waals surface area contributed by atoms with E-state index in [4.69, 9.17) is 10.5 Å². The Bertz CT molecular complexity index is 537. The number of imidazole rings is 1. The van der Waals surface area contributed by atoms with Gasteiger partial charge >= 0.3 is 0 Å². The Balaban J connectivity index is 1.60. The molecule has 0 saturated heterocycles. The third kappa shape index (κ3) is 5.27. The Hall–Kier alpha value is -2.34. The first-order valence-electron chi connectivity index (χ1n) is 6.92. The Morgan fingerprint density at radius 3 is 2.81 bits per heavy atom. The standard InChI is InChI=1S/C15H20N4O2/c16-10-13-2-4-14(5-3-13)21-11-15(20)18-6-1-8-19-9-7-17-12-19/h2-5,7,9,12H,1,6,8,10-11,16H2,(H,18,20). The number of hydrogen-bond donors (Lipinski definition) is 2. The Morgan fingerprint density at radius 1 is 1.33 bits per heavy atom. The molecule has 2 rings (SSSR count). The highest BCUT2D eigenvalue weighted by atomic mass is 16.5. The second-order valence-electron chi connectivity index (χ2n) is 4.64. The van der Waals surface area contributed by atoms with Gasteiger partial charge in [0.2, 0.25) is 0 Å². The van der Waals surface area contributed by atoms with E-state index >= 15 is 0 Å². The minimum Gasteiger partial charge on any atom is -0.484 e. The second-order valence-corrected chi connectivity index (χ2v) is 4.64. The lowest BCUT2D eigenvalue weighted by Crippen LogP contribution is -2.30. The highest BCUT2D eigenvalue weighted by Crippen LogP contribution is 2.11. The summed E-state index contributed by atoms with van der Waals surface area (Å²) in [7, 11) is 0. The maximum Gasteiger partial charge on any atom is 0.257 e. The number of aromatic nitrogens is 2. The van der Waals surface area contributed by atoms with Gasteiger partial charge < -0.3 is 20.4 Å². The number of nitrogens with two attached hydrogens (primary N) is 1. The van der Waals surface area contributed by atoms with Crippen LogP contribution in [0.15, 0.2) is 43.0 Å². The number of nitrogens with one attached hydrogen (secondary N) is 1. The van der Waals surface area contributed by atoms with E-state index in [0.29, 0.717) is 18.8 Å². The summed E-state index contributed by atoms with van der Waals surface area (Å²) in [4.78, 5) is 15.6. The maximum absolute atomic E-state index is 11.6. The first-order chi connectivity index (χ1) is 10.3. The predicted octanol–water partition coefficient (Wildman–Crippen LogP) is 0.927. The fourth-order valence-electron chi connectivity index (χ4n) is 1.83. The molecule has 1 aromatic heterocycles. The number of aryl methyl sites for hydroxylation is 1.